The first-order valence-corrected chi connectivity index (χ1v) is 13.4. The normalized spacial score (nSPS) is 39.8. The van der Waals surface area contributed by atoms with Gasteiger partial charge in [0.15, 0.2) is 5.13 Å². The Morgan fingerprint density at radius 3 is 2.76 bits per heavy atom. The number of carbonyl (C=O) groups excluding carboxylic acids is 2. The molecule has 6 nitrogen and oxygen atoms in total. The Balaban J connectivity index is 1.35. The number of nitrogens with one attached hydrogen (secondary N) is 1. The maximum atomic E-state index is 12.3. The van der Waals surface area contributed by atoms with E-state index in [4.69, 9.17) is 9.72 Å². The van der Waals surface area contributed by atoms with Crippen molar-refractivity contribution in [3.8, 4) is 0 Å². The van der Waals surface area contributed by atoms with Gasteiger partial charge in [0.05, 0.1) is 11.8 Å². The molecule has 2 heterocycles. The Morgan fingerprint density at radius 1 is 1.21 bits per heavy atom. The van der Waals surface area contributed by atoms with E-state index in [1.54, 1.807) is 0 Å². The number of carbonyl (C=O) groups is 2. The summed E-state index contributed by atoms with van der Waals surface area (Å²) in [5.74, 6) is 2.63. The molecule has 5 rings (SSSR count). The summed E-state index contributed by atoms with van der Waals surface area (Å²) < 4.78 is 5.21. The number of nitrogens with zero attached hydrogens (tertiary/aromatic N) is 2. The molecule has 33 heavy (non-hydrogen) atoms. The minimum atomic E-state index is -0.434. The molecule has 0 bridgehead atoms. The molecular weight excluding hydrogens is 434 g/mol. The van der Waals surface area contributed by atoms with Crippen LogP contribution in [0.3, 0.4) is 0 Å². The second kappa shape index (κ2) is 8.10. The van der Waals surface area contributed by atoms with Crippen molar-refractivity contribution in [2.45, 2.75) is 84.3 Å². The van der Waals surface area contributed by atoms with Crippen LogP contribution in [-0.2, 0) is 9.53 Å². The predicted octanol–water partition coefficient (Wildman–Crippen LogP) is 5.82. The summed E-state index contributed by atoms with van der Waals surface area (Å²) in [6.45, 7) is 8.58. The van der Waals surface area contributed by atoms with Crippen LogP contribution in [0.1, 0.15) is 77.8 Å². The Kier molecular flexibility index (Phi) is 5.62. The van der Waals surface area contributed by atoms with Gasteiger partial charge in [-0.05, 0) is 81.6 Å². The number of anilines is 1. The van der Waals surface area contributed by atoms with Crippen molar-refractivity contribution in [3.05, 3.63) is 23.2 Å². The highest BCUT2D eigenvalue weighted by atomic mass is 32.1. The average Bonchev–Trinajstić information content (AvgIpc) is 3.33. The van der Waals surface area contributed by atoms with Gasteiger partial charge in [-0.2, -0.15) is 0 Å². The number of aromatic nitrogens is 1. The maximum Gasteiger partial charge on any atom is 0.413 e. The third-order valence-electron chi connectivity index (χ3n) is 9.56. The predicted molar refractivity (Wildman–Crippen MR) is 130 cm³/mol. The fourth-order valence-corrected chi connectivity index (χ4v) is 8.81. The summed E-state index contributed by atoms with van der Waals surface area (Å²) in [4.78, 5) is 31.1. The van der Waals surface area contributed by atoms with Crippen molar-refractivity contribution < 1.29 is 14.3 Å². The van der Waals surface area contributed by atoms with E-state index in [-0.39, 0.29) is 22.8 Å². The molecule has 1 aromatic rings. The van der Waals surface area contributed by atoms with E-state index >= 15 is 0 Å². The second-order valence-electron chi connectivity index (χ2n) is 11.4. The van der Waals surface area contributed by atoms with Crippen LogP contribution in [-0.4, -0.2) is 41.1 Å². The fourth-order valence-electron chi connectivity index (χ4n) is 8.06. The largest absolute Gasteiger partial charge is 0.447 e. The zero-order valence-electron chi connectivity index (χ0n) is 20.5. The van der Waals surface area contributed by atoms with E-state index in [0.717, 1.165) is 12.1 Å². The molecule has 7 atom stereocenters. The van der Waals surface area contributed by atoms with Crippen molar-refractivity contribution in [1.82, 2.24) is 9.88 Å². The van der Waals surface area contributed by atoms with E-state index in [1.807, 2.05) is 31.9 Å². The van der Waals surface area contributed by atoms with Crippen LogP contribution in [0.2, 0.25) is 0 Å². The zero-order valence-corrected chi connectivity index (χ0v) is 21.3. The number of thiazole rings is 1. The summed E-state index contributed by atoms with van der Waals surface area (Å²) in [5, 5.41) is 5.56. The number of hydrogen-bond acceptors (Lipinski definition) is 5. The smallest absolute Gasteiger partial charge is 0.413 e. The van der Waals surface area contributed by atoms with Gasteiger partial charge in [0.25, 0.3) is 0 Å². The summed E-state index contributed by atoms with van der Waals surface area (Å²) in [6.07, 6.45) is 10.6. The molecule has 0 unspecified atom stereocenters. The molecule has 180 valence electrons. The third-order valence-corrected chi connectivity index (χ3v) is 10.3. The number of hydrogen-bond donors (Lipinski definition) is 1. The minimum Gasteiger partial charge on any atom is -0.447 e. The third kappa shape index (κ3) is 3.62. The molecule has 4 aliphatic rings. The Morgan fingerprint density at radius 2 is 2.00 bits per heavy atom. The fraction of sp³-hybridized carbons (Fsp3) is 0.731. The average molecular weight is 472 g/mol. The maximum absolute atomic E-state index is 12.3. The first-order valence-electron chi connectivity index (χ1n) is 12.5. The number of likely N-dealkylation sites (N-methyl/N-ethyl adjacent to an activating group) is 1. The summed E-state index contributed by atoms with van der Waals surface area (Å²) in [6, 6.07) is 0.329. The molecule has 0 radical (unpaired) electrons. The molecule has 7 heteroatoms. The van der Waals surface area contributed by atoms with Gasteiger partial charge in [-0.25, -0.2) is 9.78 Å². The SMILES string of the molecule is CC(C)OC(=O)Nc1nc([C@H]2CC[C@H]3[C@@H]4CC[C@H]5N(C)C(=O)C=C[C@]5(C)[C@H]4CC[C@]23C)cs1. The highest BCUT2D eigenvalue weighted by Gasteiger charge is 2.60. The van der Waals surface area contributed by atoms with E-state index in [9.17, 15) is 9.59 Å². The molecule has 1 aliphatic heterocycles. The minimum absolute atomic E-state index is 0.0828. The topological polar surface area (TPSA) is 71.5 Å². The van der Waals surface area contributed by atoms with Gasteiger partial charge in [-0.3, -0.25) is 10.1 Å². The Hall–Kier alpha value is -1.89. The highest BCUT2D eigenvalue weighted by molar-refractivity contribution is 7.13. The molecule has 0 saturated heterocycles. The number of fused-ring (bicyclic) bond motifs is 5. The monoisotopic (exact) mass is 471 g/mol. The molecule has 3 fully saturated rings. The van der Waals surface area contributed by atoms with Crippen molar-refractivity contribution in [2.75, 3.05) is 12.4 Å². The van der Waals surface area contributed by atoms with Crippen LogP contribution in [0.5, 0.6) is 0 Å². The van der Waals surface area contributed by atoms with Gasteiger partial charge in [0, 0.05) is 29.8 Å². The lowest BCUT2D eigenvalue weighted by atomic mass is 9.47. The number of amides is 2. The summed E-state index contributed by atoms with van der Waals surface area (Å²) >= 11 is 1.50. The van der Waals surface area contributed by atoms with Crippen molar-refractivity contribution in [1.29, 1.82) is 0 Å². The van der Waals surface area contributed by atoms with Crippen LogP contribution >= 0.6 is 11.3 Å². The zero-order chi connectivity index (χ0) is 23.5. The van der Waals surface area contributed by atoms with Gasteiger partial charge < -0.3 is 9.64 Å². The quantitative estimate of drug-likeness (QED) is 0.603. The Bertz CT molecular complexity index is 974. The molecule has 0 spiro atoms. The lowest BCUT2D eigenvalue weighted by molar-refractivity contribution is -0.138. The van der Waals surface area contributed by atoms with Crippen LogP contribution in [0.4, 0.5) is 9.93 Å². The van der Waals surface area contributed by atoms with E-state index in [1.165, 1.54) is 43.4 Å². The molecule has 2 amide bonds. The van der Waals surface area contributed by atoms with Gasteiger partial charge in [0.1, 0.15) is 0 Å². The Labute approximate surface area is 201 Å². The molecule has 3 aliphatic carbocycles. The molecule has 1 N–H and O–H groups in total. The first-order chi connectivity index (χ1) is 15.6. The van der Waals surface area contributed by atoms with Gasteiger partial charge in [-0.1, -0.05) is 19.9 Å². The first kappa shape index (κ1) is 22.9. The van der Waals surface area contributed by atoms with Gasteiger partial charge in [-0.15, -0.1) is 11.3 Å². The van der Waals surface area contributed by atoms with Crippen LogP contribution < -0.4 is 5.32 Å². The number of ether oxygens (including phenoxy) is 1. The lowest BCUT2D eigenvalue weighted by Gasteiger charge is -2.60. The van der Waals surface area contributed by atoms with Gasteiger partial charge in [0.2, 0.25) is 5.91 Å². The van der Waals surface area contributed by atoms with Crippen LogP contribution in [0.15, 0.2) is 17.5 Å². The van der Waals surface area contributed by atoms with Crippen molar-refractivity contribution >= 4 is 28.5 Å². The standard InChI is InChI=1S/C26H37N3O3S/c1-15(2)32-24(31)28-23-27-20(14-33-23)19-8-7-17-16-6-9-21-26(4,13-11-22(30)29(21)5)18(16)10-12-25(17,19)3/h11,13-19,21H,6-10,12H2,1-5H3,(H,27,28,31)/t16-,17-,18-,19+,21+,25-,26+/m0/s1. The van der Waals surface area contributed by atoms with Crippen molar-refractivity contribution in [2.24, 2.45) is 28.6 Å². The molecule has 3 saturated carbocycles. The van der Waals surface area contributed by atoms with E-state index in [2.05, 4.69) is 30.6 Å². The van der Waals surface area contributed by atoms with Crippen LogP contribution in [0.25, 0.3) is 0 Å². The van der Waals surface area contributed by atoms with Crippen molar-refractivity contribution in [3.63, 3.8) is 0 Å². The van der Waals surface area contributed by atoms with E-state index < -0.39 is 6.09 Å². The highest BCUT2D eigenvalue weighted by Crippen LogP contribution is 2.67. The van der Waals surface area contributed by atoms with E-state index in [0.29, 0.717) is 34.8 Å². The second-order valence-corrected chi connectivity index (χ2v) is 12.3. The summed E-state index contributed by atoms with van der Waals surface area (Å²) in [7, 11) is 1.98. The van der Waals surface area contributed by atoms with Gasteiger partial charge >= 0.3 is 6.09 Å². The molecule has 0 aromatic carbocycles. The molecule has 1 aromatic heterocycles. The molecular formula is C26H37N3O3S. The lowest BCUT2D eigenvalue weighted by Crippen LogP contribution is -2.59. The van der Waals surface area contributed by atoms with Crippen LogP contribution in [0, 0.1) is 28.6 Å². The number of rotatable bonds is 3. The summed E-state index contributed by atoms with van der Waals surface area (Å²) in [5.41, 5.74) is 1.46.